The van der Waals surface area contributed by atoms with Gasteiger partial charge in [0.05, 0.1) is 64.4 Å². The maximum atomic E-state index is 10.7. The number of nitrogens with zero attached hydrogens (tertiary/aromatic N) is 7. The fraction of sp³-hybridized carbons (Fsp3) is 0.481. The molecule has 0 saturated heterocycles. The lowest BCUT2D eigenvalue weighted by molar-refractivity contribution is 0.119. The zero-order valence-corrected chi connectivity index (χ0v) is 22.5. The number of aliphatic hydroxyl groups is 1. The van der Waals surface area contributed by atoms with Crippen molar-refractivity contribution >= 4 is 23.1 Å². The monoisotopic (exact) mass is 518 g/mol. The molecule has 0 spiro atoms. The summed E-state index contributed by atoms with van der Waals surface area (Å²) in [6.07, 6.45) is 7.24. The van der Waals surface area contributed by atoms with Gasteiger partial charge in [0, 0.05) is 25.5 Å². The molecule has 1 fully saturated rings. The minimum Gasteiger partial charge on any atom is -0.476 e. The number of aromatic nitrogens is 7. The van der Waals surface area contributed by atoms with E-state index in [-0.39, 0.29) is 6.10 Å². The number of aryl methyl sites for hydroxylation is 2. The molecule has 11 heteroatoms. The van der Waals surface area contributed by atoms with E-state index in [0.29, 0.717) is 38.0 Å². The molecule has 0 aromatic carbocycles. The van der Waals surface area contributed by atoms with Gasteiger partial charge in [-0.2, -0.15) is 10.2 Å². The first kappa shape index (κ1) is 24.6. The van der Waals surface area contributed by atoms with Crippen molar-refractivity contribution in [3.63, 3.8) is 0 Å². The number of fused-ring (bicyclic) bond motifs is 4. The first-order chi connectivity index (χ1) is 18.2. The third-order valence-electron chi connectivity index (χ3n) is 7.23. The van der Waals surface area contributed by atoms with Crippen LogP contribution >= 0.6 is 0 Å². The molecule has 1 atom stereocenters. The summed E-state index contributed by atoms with van der Waals surface area (Å²) in [6, 6.07) is 2.03. The first-order valence-electron chi connectivity index (χ1n) is 13.1. The smallest absolute Gasteiger partial charge is 0.240 e. The van der Waals surface area contributed by atoms with Gasteiger partial charge in [0.15, 0.2) is 0 Å². The molecule has 6 rings (SSSR count). The van der Waals surface area contributed by atoms with Gasteiger partial charge >= 0.3 is 0 Å². The van der Waals surface area contributed by atoms with Crippen molar-refractivity contribution in [3.05, 3.63) is 34.9 Å². The van der Waals surface area contributed by atoms with E-state index in [1.807, 2.05) is 43.8 Å². The Kier molecular flexibility index (Phi) is 5.99. The van der Waals surface area contributed by atoms with E-state index in [4.69, 9.17) is 19.6 Å². The number of aromatic amines is 1. The zero-order valence-electron chi connectivity index (χ0n) is 22.5. The lowest BCUT2D eigenvalue weighted by Crippen LogP contribution is -2.32. The molecule has 2 N–H and O–H groups in total. The average molecular weight is 519 g/mol. The average Bonchev–Trinajstić information content (AvgIpc) is 3.18. The highest BCUT2D eigenvalue weighted by atomic mass is 16.5. The maximum Gasteiger partial charge on any atom is 0.240 e. The summed E-state index contributed by atoms with van der Waals surface area (Å²) in [5.74, 6) is 1.24. The van der Waals surface area contributed by atoms with Gasteiger partial charge in [-0.25, -0.2) is 4.68 Å². The van der Waals surface area contributed by atoms with E-state index in [9.17, 15) is 5.11 Å². The van der Waals surface area contributed by atoms with Crippen molar-refractivity contribution in [2.75, 3.05) is 20.2 Å². The minimum absolute atomic E-state index is 0.124. The largest absolute Gasteiger partial charge is 0.476 e. The molecular weight excluding hydrogens is 484 g/mol. The Balaban J connectivity index is 1.52. The molecule has 2 aliphatic rings. The molecular formula is C27H34N8O3. The summed E-state index contributed by atoms with van der Waals surface area (Å²) in [5, 5.41) is 28.7. The standard InChI is InChI=1S/C27H34N8O3/c1-6-37-25-18-7-8-20-19-11-21(28-12-22(19)30-29-20)24-17(3)31-34(5)26(24)38-16(2)13-33(4)14-23(18)35(32-25)15-27(36)9-10-27/h7-8,11-12,16,36H,6,9-10,13-15H2,1-5H3,(H,29,30)/b8-7+/t16-/m0/s1. The second-order valence-electron chi connectivity index (χ2n) is 10.6. The number of hydrogen-bond acceptors (Lipinski definition) is 8. The van der Waals surface area contributed by atoms with Crippen LogP contribution in [0.3, 0.4) is 0 Å². The summed E-state index contributed by atoms with van der Waals surface area (Å²) in [4.78, 5) is 6.91. The van der Waals surface area contributed by atoms with E-state index in [0.717, 1.165) is 57.6 Å². The Labute approximate surface area is 221 Å². The second kappa shape index (κ2) is 9.25. The summed E-state index contributed by atoms with van der Waals surface area (Å²) >= 11 is 0. The fourth-order valence-electron chi connectivity index (χ4n) is 5.19. The third kappa shape index (κ3) is 4.45. The van der Waals surface area contributed by atoms with Crippen LogP contribution in [-0.4, -0.2) is 76.7 Å². The molecule has 0 unspecified atom stereocenters. The quantitative estimate of drug-likeness (QED) is 0.423. The summed E-state index contributed by atoms with van der Waals surface area (Å²) < 4.78 is 16.1. The highest BCUT2D eigenvalue weighted by Crippen LogP contribution is 2.39. The lowest BCUT2D eigenvalue weighted by atomic mass is 10.1. The fourth-order valence-corrected chi connectivity index (χ4v) is 5.19. The van der Waals surface area contributed by atoms with Crippen LogP contribution in [0.5, 0.6) is 11.8 Å². The third-order valence-corrected chi connectivity index (χ3v) is 7.23. The number of likely N-dealkylation sites (N-methyl/N-ethyl adjacent to an activating group) is 1. The number of hydrogen-bond donors (Lipinski definition) is 2. The van der Waals surface area contributed by atoms with Crippen molar-refractivity contribution in [1.82, 2.24) is 39.6 Å². The normalized spacial score (nSPS) is 19.9. The number of ether oxygens (including phenoxy) is 2. The Bertz CT molecular complexity index is 1530. The Hall–Kier alpha value is -3.70. The van der Waals surface area contributed by atoms with Gasteiger partial charge in [0.25, 0.3) is 0 Å². The van der Waals surface area contributed by atoms with Gasteiger partial charge in [-0.3, -0.25) is 19.7 Å². The molecule has 200 valence electrons. The lowest BCUT2D eigenvalue weighted by Gasteiger charge is -2.23. The van der Waals surface area contributed by atoms with E-state index in [2.05, 4.69) is 34.2 Å². The molecule has 4 aromatic heterocycles. The van der Waals surface area contributed by atoms with Crippen LogP contribution in [0.2, 0.25) is 0 Å². The number of pyridine rings is 1. The van der Waals surface area contributed by atoms with Crippen molar-refractivity contribution in [1.29, 1.82) is 0 Å². The van der Waals surface area contributed by atoms with Crippen LogP contribution in [0.15, 0.2) is 12.3 Å². The number of rotatable bonds is 4. The Morgan fingerprint density at radius 1 is 1.24 bits per heavy atom. The minimum atomic E-state index is -0.700. The molecule has 0 amide bonds. The first-order valence-corrected chi connectivity index (χ1v) is 13.1. The van der Waals surface area contributed by atoms with Crippen molar-refractivity contribution < 1.29 is 14.6 Å². The van der Waals surface area contributed by atoms with Gasteiger partial charge in [-0.15, -0.1) is 5.10 Å². The molecule has 2 bridgehead atoms. The van der Waals surface area contributed by atoms with Crippen LogP contribution < -0.4 is 9.47 Å². The molecule has 11 nitrogen and oxygen atoms in total. The topological polar surface area (TPSA) is 119 Å². The van der Waals surface area contributed by atoms with Gasteiger partial charge in [0.2, 0.25) is 11.8 Å². The molecule has 1 aliphatic carbocycles. The van der Waals surface area contributed by atoms with E-state index in [1.165, 1.54) is 0 Å². The summed E-state index contributed by atoms with van der Waals surface area (Å²) in [7, 11) is 3.95. The molecule has 38 heavy (non-hydrogen) atoms. The summed E-state index contributed by atoms with van der Waals surface area (Å²) in [5.41, 5.74) is 5.31. The van der Waals surface area contributed by atoms with Gasteiger partial charge < -0.3 is 14.6 Å². The molecule has 1 aliphatic heterocycles. The number of nitrogens with one attached hydrogen (secondary N) is 1. The van der Waals surface area contributed by atoms with Crippen LogP contribution in [0.25, 0.3) is 34.3 Å². The van der Waals surface area contributed by atoms with E-state index >= 15 is 0 Å². The Morgan fingerprint density at radius 2 is 2.05 bits per heavy atom. The van der Waals surface area contributed by atoms with Crippen LogP contribution in [0.4, 0.5) is 0 Å². The van der Waals surface area contributed by atoms with Crippen LogP contribution in [0, 0.1) is 6.92 Å². The maximum absolute atomic E-state index is 10.7. The van der Waals surface area contributed by atoms with E-state index < -0.39 is 5.60 Å². The van der Waals surface area contributed by atoms with Crippen LogP contribution in [-0.2, 0) is 20.1 Å². The highest BCUT2D eigenvalue weighted by molar-refractivity contribution is 5.92. The van der Waals surface area contributed by atoms with Gasteiger partial charge in [0.1, 0.15) is 6.10 Å². The van der Waals surface area contributed by atoms with Crippen molar-refractivity contribution in [3.8, 4) is 23.0 Å². The predicted molar refractivity (Wildman–Crippen MR) is 144 cm³/mol. The van der Waals surface area contributed by atoms with Gasteiger partial charge in [-0.05, 0) is 58.9 Å². The molecule has 0 radical (unpaired) electrons. The van der Waals surface area contributed by atoms with Crippen LogP contribution in [0.1, 0.15) is 49.3 Å². The molecule has 5 heterocycles. The molecule has 1 saturated carbocycles. The molecule has 4 aromatic rings. The van der Waals surface area contributed by atoms with Crippen molar-refractivity contribution in [2.45, 2.75) is 58.4 Å². The predicted octanol–water partition coefficient (Wildman–Crippen LogP) is 3.17. The zero-order chi connectivity index (χ0) is 26.6. The second-order valence-corrected chi connectivity index (χ2v) is 10.6. The number of H-pyrrole nitrogens is 1. The SMILES string of the molecule is CCOc1nn(CC2(O)CC2)c2c1/C=C/c1n[nH]c3cnc(cc13)-c1c(C)nn(C)c1O[C@@H](C)CN(C)C2. The van der Waals surface area contributed by atoms with E-state index in [1.54, 1.807) is 10.9 Å². The Morgan fingerprint density at radius 3 is 2.82 bits per heavy atom. The highest BCUT2D eigenvalue weighted by Gasteiger charge is 2.42. The van der Waals surface area contributed by atoms with Crippen molar-refractivity contribution in [2.24, 2.45) is 7.05 Å². The summed E-state index contributed by atoms with van der Waals surface area (Å²) in [6.45, 7) is 8.18. The van der Waals surface area contributed by atoms with Gasteiger partial charge in [-0.1, -0.05) is 0 Å².